The number of nitrogens with one attached hydrogen (secondary N) is 2. The number of ether oxygens (including phenoxy) is 1. The number of hydrogen-bond donors (Lipinski definition) is 2. The van der Waals surface area contributed by atoms with Gasteiger partial charge in [0.15, 0.2) is 5.13 Å². The molecule has 2 aliphatic heterocycles. The van der Waals surface area contributed by atoms with Gasteiger partial charge < -0.3 is 15.4 Å². The number of carbonyl (C=O) groups excluding carboxylic acids is 1. The van der Waals surface area contributed by atoms with E-state index in [1.54, 1.807) is 0 Å². The van der Waals surface area contributed by atoms with Gasteiger partial charge in [-0.25, -0.2) is 4.98 Å². The first kappa shape index (κ1) is 17.5. The highest BCUT2D eigenvalue weighted by molar-refractivity contribution is 7.14. The van der Waals surface area contributed by atoms with Gasteiger partial charge in [-0.3, -0.25) is 4.79 Å². The Kier molecular flexibility index (Phi) is 5.22. The molecule has 2 aliphatic rings. The smallest absolute Gasteiger partial charge is 0.226 e. The normalized spacial score (nSPS) is 18.2. The Bertz CT molecular complexity index is 783. The maximum absolute atomic E-state index is 12.4. The second-order valence-corrected chi connectivity index (χ2v) is 8.13. The van der Waals surface area contributed by atoms with Gasteiger partial charge in [0.05, 0.1) is 12.3 Å². The number of aromatic nitrogens is 1. The van der Waals surface area contributed by atoms with E-state index in [2.05, 4.69) is 28.6 Å². The number of benzene rings is 1. The van der Waals surface area contributed by atoms with E-state index in [4.69, 9.17) is 4.74 Å². The molecular formula is C20H25N3O2S. The number of carbonyl (C=O) groups is 1. The lowest BCUT2D eigenvalue weighted by Gasteiger charge is -2.27. The highest BCUT2D eigenvalue weighted by atomic mass is 32.1. The van der Waals surface area contributed by atoms with Gasteiger partial charge in [0.25, 0.3) is 0 Å². The fraction of sp³-hybridized carbons (Fsp3) is 0.500. The van der Waals surface area contributed by atoms with Crippen LogP contribution in [0.4, 0.5) is 5.13 Å². The molecule has 0 bridgehead atoms. The Morgan fingerprint density at radius 2 is 2.27 bits per heavy atom. The summed E-state index contributed by atoms with van der Waals surface area (Å²) >= 11 is 1.48. The molecule has 1 amide bonds. The predicted octanol–water partition coefficient (Wildman–Crippen LogP) is 3.71. The van der Waals surface area contributed by atoms with E-state index in [1.807, 2.05) is 17.5 Å². The Morgan fingerprint density at radius 3 is 3.12 bits per heavy atom. The van der Waals surface area contributed by atoms with Crippen molar-refractivity contribution in [2.24, 2.45) is 11.8 Å². The van der Waals surface area contributed by atoms with Gasteiger partial charge in [-0.05, 0) is 61.5 Å². The molecule has 6 heteroatoms. The zero-order valence-electron chi connectivity index (χ0n) is 15.1. The van der Waals surface area contributed by atoms with E-state index < -0.39 is 0 Å². The molecule has 2 aromatic rings. The Labute approximate surface area is 158 Å². The van der Waals surface area contributed by atoms with E-state index >= 15 is 0 Å². The van der Waals surface area contributed by atoms with Crippen molar-refractivity contribution in [2.45, 2.75) is 32.6 Å². The summed E-state index contributed by atoms with van der Waals surface area (Å²) in [5.74, 6) is 2.10. The molecule has 5 nitrogen and oxygen atoms in total. The van der Waals surface area contributed by atoms with Crippen LogP contribution >= 0.6 is 11.3 Å². The Morgan fingerprint density at radius 1 is 1.42 bits per heavy atom. The van der Waals surface area contributed by atoms with Crippen LogP contribution < -0.4 is 15.4 Å². The predicted molar refractivity (Wildman–Crippen MR) is 105 cm³/mol. The van der Waals surface area contributed by atoms with Crippen LogP contribution in [0.25, 0.3) is 11.3 Å². The molecule has 4 rings (SSSR count). The number of fused-ring (bicyclic) bond motifs is 1. The van der Waals surface area contributed by atoms with E-state index in [1.165, 1.54) is 16.9 Å². The molecule has 26 heavy (non-hydrogen) atoms. The maximum Gasteiger partial charge on any atom is 0.226 e. The molecular weight excluding hydrogens is 346 g/mol. The largest absolute Gasteiger partial charge is 0.493 e. The number of anilines is 1. The van der Waals surface area contributed by atoms with E-state index in [-0.39, 0.29) is 5.91 Å². The van der Waals surface area contributed by atoms with Crippen molar-refractivity contribution in [3.05, 3.63) is 29.1 Å². The zero-order valence-corrected chi connectivity index (χ0v) is 15.9. The van der Waals surface area contributed by atoms with Crippen LogP contribution in [-0.2, 0) is 11.2 Å². The van der Waals surface area contributed by atoms with Crippen LogP contribution in [0.1, 0.15) is 31.7 Å². The summed E-state index contributed by atoms with van der Waals surface area (Å²) in [7, 11) is 0. The molecule has 1 unspecified atom stereocenters. The monoisotopic (exact) mass is 371 g/mol. The van der Waals surface area contributed by atoms with Crippen molar-refractivity contribution in [1.29, 1.82) is 0 Å². The number of rotatable bonds is 5. The molecule has 0 aliphatic carbocycles. The summed E-state index contributed by atoms with van der Waals surface area (Å²) in [6.07, 6.45) is 3.84. The minimum atomic E-state index is 0.0688. The van der Waals surface area contributed by atoms with Crippen LogP contribution in [0, 0.1) is 11.8 Å². The lowest BCUT2D eigenvalue weighted by atomic mass is 9.84. The van der Waals surface area contributed by atoms with Gasteiger partial charge >= 0.3 is 0 Å². The van der Waals surface area contributed by atoms with Gasteiger partial charge in [0.2, 0.25) is 5.91 Å². The van der Waals surface area contributed by atoms with Crippen molar-refractivity contribution in [1.82, 2.24) is 10.3 Å². The summed E-state index contributed by atoms with van der Waals surface area (Å²) < 4.78 is 5.56. The molecule has 0 radical (unpaired) electrons. The lowest BCUT2D eigenvalue weighted by Crippen LogP contribution is -2.32. The third-order valence-electron chi connectivity index (χ3n) is 5.43. The quantitative estimate of drug-likeness (QED) is 0.841. The van der Waals surface area contributed by atoms with Crippen LogP contribution in [0.3, 0.4) is 0 Å². The fourth-order valence-electron chi connectivity index (χ4n) is 3.85. The average Bonchev–Trinajstić information content (AvgIpc) is 3.30. The van der Waals surface area contributed by atoms with Crippen LogP contribution in [0.5, 0.6) is 5.75 Å². The first-order chi connectivity index (χ1) is 12.7. The highest BCUT2D eigenvalue weighted by Crippen LogP contribution is 2.32. The molecule has 1 aromatic carbocycles. The third kappa shape index (κ3) is 3.91. The standard InChI is InChI=1S/C20H25N3O2S/c1-13(14-4-7-21-8-5-14)10-19(24)23-20-22-17(12-26-20)15-2-3-18-16(11-15)6-9-25-18/h2-3,11-14,21H,4-10H2,1H3,(H,22,23,24). The molecule has 3 heterocycles. The van der Waals surface area contributed by atoms with E-state index in [9.17, 15) is 4.79 Å². The van der Waals surface area contributed by atoms with Crippen molar-refractivity contribution in [2.75, 3.05) is 25.0 Å². The van der Waals surface area contributed by atoms with Gasteiger partial charge in [-0.2, -0.15) is 0 Å². The van der Waals surface area contributed by atoms with Crippen molar-refractivity contribution < 1.29 is 9.53 Å². The van der Waals surface area contributed by atoms with Gasteiger partial charge in [-0.15, -0.1) is 11.3 Å². The minimum absolute atomic E-state index is 0.0688. The lowest BCUT2D eigenvalue weighted by molar-refractivity contribution is -0.117. The van der Waals surface area contributed by atoms with E-state index in [0.29, 0.717) is 23.4 Å². The molecule has 1 atom stereocenters. The molecule has 138 valence electrons. The number of piperidine rings is 1. The van der Waals surface area contributed by atoms with Gasteiger partial charge in [0.1, 0.15) is 5.75 Å². The SMILES string of the molecule is CC(CC(=O)Nc1nc(-c2ccc3c(c2)CCO3)cs1)C1CCNCC1. The first-order valence-electron chi connectivity index (χ1n) is 9.41. The van der Waals surface area contributed by atoms with Gasteiger partial charge in [-0.1, -0.05) is 6.92 Å². The number of thiazole rings is 1. The third-order valence-corrected chi connectivity index (χ3v) is 6.19. The highest BCUT2D eigenvalue weighted by Gasteiger charge is 2.22. The molecule has 1 fully saturated rings. The number of hydrogen-bond acceptors (Lipinski definition) is 5. The van der Waals surface area contributed by atoms with Gasteiger partial charge in [0, 0.05) is 23.8 Å². The fourth-order valence-corrected chi connectivity index (χ4v) is 4.59. The molecule has 1 saturated heterocycles. The summed E-state index contributed by atoms with van der Waals surface area (Å²) in [6, 6.07) is 6.18. The average molecular weight is 372 g/mol. The van der Waals surface area contributed by atoms with Crippen LogP contribution in [0.2, 0.25) is 0 Å². The Hall–Kier alpha value is -1.92. The Balaban J connectivity index is 1.36. The van der Waals surface area contributed by atoms with Crippen LogP contribution in [-0.4, -0.2) is 30.6 Å². The molecule has 0 spiro atoms. The summed E-state index contributed by atoms with van der Waals surface area (Å²) in [6.45, 7) is 5.08. The topological polar surface area (TPSA) is 63.2 Å². The second-order valence-electron chi connectivity index (χ2n) is 7.28. The minimum Gasteiger partial charge on any atom is -0.493 e. The second kappa shape index (κ2) is 7.76. The maximum atomic E-state index is 12.4. The first-order valence-corrected chi connectivity index (χ1v) is 10.3. The molecule has 1 aromatic heterocycles. The summed E-state index contributed by atoms with van der Waals surface area (Å²) in [5, 5.41) is 9.05. The summed E-state index contributed by atoms with van der Waals surface area (Å²) in [5.41, 5.74) is 3.22. The van der Waals surface area contributed by atoms with Crippen molar-refractivity contribution in [3.63, 3.8) is 0 Å². The number of nitrogens with zero attached hydrogens (tertiary/aromatic N) is 1. The van der Waals surface area contributed by atoms with E-state index in [0.717, 1.165) is 56.0 Å². The van der Waals surface area contributed by atoms with Crippen molar-refractivity contribution in [3.8, 4) is 17.0 Å². The van der Waals surface area contributed by atoms with Crippen LogP contribution in [0.15, 0.2) is 23.6 Å². The molecule has 2 N–H and O–H groups in total. The summed E-state index contributed by atoms with van der Waals surface area (Å²) in [4.78, 5) is 17.0. The molecule has 0 saturated carbocycles. The number of amides is 1. The van der Waals surface area contributed by atoms with Crippen molar-refractivity contribution >= 4 is 22.4 Å². The zero-order chi connectivity index (χ0) is 17.9.